The summed E-state index contributed by atoms with van der Waals surface area (Å²) < 4.78 is 1.87. The SMILES string of the molecule is Cc1nn(C)c(C)c1CCC(=O)N1CCN(C(=O)C(C)(C)c2ccccc2)CC1. The second kappa shape index (κ2) is 8.39. The summed E-state index contributed by atoms with van der Waals surface area (Å²) in [7, 11) is 1.93. The van der Waals surface area contributed by atoms with Crippen LogP contribution in [0, 0.1) is 13.8 Å². The summed E-state index contributed by atoms with van der Waals surface area (Å²) in [6.07, 6.45) is 1.20. The molecule has 6 heteroatoms. The molecule has 1 aliphatic heterocycles. The summed E-state index contributed by atoms with van der Waals surface area (Å²) in [4.78, 5) is 29.6. The maximum Gasteiger partial charge on any atom is 0.232 e. The van der Waals surface area contributed by atoms with E-state index in [1.807, 2.05) is 79.6 Å². The number of aryl methyl sites for hydroxylation is 2. The van der Waals surface area contributed by atoms with Crippen LogP contribution < -0.4 is 0 Å². The highest BCUT2D eigenvalue weighted by atomic mass is 16.2. The maximum atomic E-state index is 13.1. The van der Waals surface area contributed by atoms with E-state index < -0.39 is 5.41 Å². The van der Waals surface area contributed by atoms with Crippen molar-refractivity contribution < 1.29 is 9.59 Å². The molecule has 1 aliphatic rings. The van der Waals surface area contributed by atoms with Crippen LogP contribution in [0.4, 0.5) is 0 Å². The zero-order valence-corrected chi connectivity index (χ0v) is 18.2. The first-order valence-electron chi connectivity index (χ1n) is 10.3. The third kappa shape index (κ3) is 4.36. The minimum Gasteiger partial charge on any atom is -0.339 e. The van der Waals surface area contributed by atoms with Gasteiger partial charge in [-0.2, -0.15) is 5.10 Å². The van der Waals surface area contributed by atoms with E-state index in [2.05, 4.69) is 5.10 Å². The van der Waals surface area contributed by atoms with E-state index in [9.17, 15) is 9.59 Å². The van der Waals surface area contributed by atoms with Gasteiger partial charge in [-0.05, 0) is 45.2 Å². The Balaban J connectivity index is 1.54. The largest absolute Gasteiger partial charge is 0.339 e. The molecular formula is C23H32N4O2. The van der Waals surface area contributed by atoms with Gasteiger partial charge < -0.3 is 9.80 Å². The quantitative estimate of drug-likeness (QED) is 0.781. The van der Waals surface area contributed by atoms with Gasteiger partial charge in [0.15, 0.2) is 0 Å². The van der Waals surface area contributed by atoms with Crippen LogP contribution in [-0.4, -0.2) is 57.6 Å². The van der Waals surface area contributed by atoms with E-state index in [0.29, 0.717) is 39.0 Å². The molecule has 6 nitrogen and oxygen atoms in total. The molecule has 2 heterocycles. The van der Waals surface area contributed by atoms with Gasteiger partial charge in [0.25, 0.3) is 0 Å². The number of nitrogens with zero attached hydrogens (tertiary/aromatic N) is 4. The lowest BCUT2D eigenvalue weighted by Gasteiger charge is -2.39. The van der Waals surface area contributed by atoms with Gasteiger partial charge in [-0.1, -0.05) is 30.3 Å². The molecule has 1 fully saturated rings. The lowest BCUT2D eigenvalue weighted by atomic mass is 9.83. The lowest BCUT2D eigenvalue weighted by molar-refractivity contribution is -0.142. The molecule has 0 atom stereocenters. The molecule has 1 aromatic heterocycles. The van der Waals surface area contributed by atoms with Crippen molar-refractivity contribution >= 4 is 11.8 Å². The minimum absolute atomic E-state index is 0.123. The summed E-state index contributed by atoms with van der Waals surface area (Å²) in [5.74, 6) is 0.277. The smallest absolute Gasteiger partial charge is 0.232 e. The lowest BCUT2D eigenvalue weighted by Crippen LogP contribution is -2.54. The predicted molar refractivity (Wildman–Crippen MR) is 114 cm³/mol. The monoisotopic (exact) mass is 396 g/mol. The van der Waals surface area contributed by atoms with Gasteiger partial charge in [-0.15, -0.1) is 0 Å². The fourth-order valence-electron chi connectivity index (χ4n) is 4.10. The van der Waals surface area contributed by atoms with Gasteiger partial charge in [0.05, 0.1) is 11.1 Å². The number of rotatable bonds is 5. The predicted octanol–water partition coefficient (Wildman–Crippen LogP) is 2.62. The zero-order chi connectivity index (χ0) is 21.2. The molecule has 0 bridgehead atoms. The van der Waals surface area contributed by atoms with Crippen molar-refractivity contribution in [2.45, 2.75) is 46.0 Å². The van der Waals surface area contributed by atoms with Crippen molar-refractivity contribution in [1.82, 2.24) is 19.6 Å². The van der Waals surface area contributed by atoms with Crippen LogP contribution in [0.15, 0.2) is 30.3 Å². The third-order valence-corrected chi connectivity index (χ3v) is 6.20. The molecule has 2 amide bonds. The van der Waals surface area contributed by atoms with Gasteiger partial charge in [-0.25, -0.2) is 0 Å². The minimum atomic E-state index is -0.567. The Labute approximate surface area is 173 Å². The van der Waals surface area contributed by atoms with Crippen molar-refractivity contribution in [3.8, 4) is 0 Å². The number of carbonyl (C=O) groups excluding carboxylic acids is 2. The van der Waals surface area contributed by atoms with Crippen molar-refractivity contribution in [2.24, 2.45) is 7.05 Å². The summed E-state index contributed by atoms with van der Waals surface area (Å²) in [5.41, 5.74) is 3.73. The van der Waals surface area contributed by atoms with E-state index in [-0.39, 0.29) is 11.8 Å². The number of aromatic nitrogens is 2. The fraction of sp³-hybridized carbons (Fsp3) is 0.522. The van der Waals surface area contributed by atoms with Gasteiger partial charge in [-0.3, -0.25) is 14.3 Å². The van der Waals surface area contributed by atoms with Gasteiger partial charge in [0.2, 0.25) is 11.8 Å². The molecule has 0 saturated carbocycles. The Bertz CT molecular complexity index is 878. The summed E-state index contributed by atoms with van der Waals surface area (Å²) >= 11 is 0. The molecule has 2 aromatic rings. The van der Waals surface area contributed by atoms with Crippen molar-refractivity contribution in [3.05, 3.63) is 52.8 Å². The number of benzene rings is 1. The van der Waals surface area contributed by atoms with Crippen LogP contribution in [-0.2, 0) is 28.5 Å². The van der Waals surface area contributed by atoms with Crippen LogP contribution in [0.5, 0.6) is 0 Å². The molecule has 0 unspecified atom stereocenters. The number of carbonyl (C=O) groups is 2. The average Bonchev–Trinajstić information content (AvgIpc) is 2.97. The van der Waals surface area contributed by atoms with Crippen LogP contribution in [0.25, 0.3) is 0 Å². The Hall–Kier alpha value is -2.63. The Morgan fingerprint density at radius 2 is 1.59 bits per heavy atom. The van der Waals surface area contributed by atoms with E-state index >= 15 is 0 Å². The van der Waals surface area contributed by atoms with Gasteiger partial charge >= 0.3 is 0 Å². The van der Waals surface area contributed by atoms with E-state index in [1.54, 1.807) is 0 Å². The highest BCUT2D eigenvalue weighted by Gasteiger charge is 2.35. The number of hydrogen-bond acceptors (Lipinski definition) is 3. The topological polar surface area (TPSA) is 58.4 Å². The van der Waals surface area contributed by atoms with Gasteiger partial charge in [0, 0.05) is 45.3 Å². The number of hydrogen-bond donors (Lipinski definition) is 0. The molecule has 0 aliphatic carbocycles. The first-order valence-corrected chi connectivity index (χ1v) is 10.3. The molecular weight excluding hydrogens is 364 g/mol. The highest BCUT2D eigenvalue weighted by molar-refractivity contribution is 5.87. The Kier molecular flexibility index (Phi) is 6.10. The second-order valence-corrected chi connectivity index (χ2v) is 8.44. The highest BCUT2D eigenvalue weighted by Crippen LogP contribution is 2.26. The fourth-order valence-corrected chi connectivity index (χ4v) is 4.10. The standard InChI is InChI=1S/C23H32N4O2/c1-17-20(18(2)25(5)24-17)11-12-21(28)26-13-15-27(16-14-26)22(29)23(3,4)19-9-7-6-8-10-19/h6-10H,11-16H2,1-5H3. The first-order chi connectivity index (χ1) is 13.7. The third-order valence-electron chi connectivity index (χ3n) is 6.20. The van der Waals surface area contributed by atoms with Crippen LogP contribution in [0.3, 0.4) is 0 Å². The molecule has 0 N–H and O–H groups in total. The summed E-state index contributed by atoms with van der Waals surface area (Å²) in [6, 6.07) is 9.89. The van der Waals surface area contributed by atoms with Crippen LogP contribution in [0.2, 0.25) is 0 Å². The van der Waals surface area contributed by atoms with Crippen molar-refractivity contribution in [2.75, 3.05) is 26.2 Å². The van der Waals surface area contributed by atoms with Crippen molar-refractivity contribution in [3.63, 3.8) is 0 Å². The second-order valence-electron chi connectivity index (χ2n) is 8.44. The Morgan fingerprint density at radius 3 is 2.14 bits per heavy atom. The maximum absolute atomic E-state index is 13.1. The summed E-state index contributed by atoms with van der Waals surface area (Å²) in [6.45, 7) is 10.4. The van der Waals surface area contributed by atoms with E-state index in [4.69, 9.17) is 0 Å². The average molecular weight is 397 g/mol. The van der Waals surface area contributed by atoms with Crippen LogP contribution >= 0.6 is 0 Å². The van der Waals surface area contributed by atoms with Crippen LogP contribution in [0.1, 0.15) is 42.8 Å². The van der Waals surface area contributed by atoms with E-state index in [1.165, 1.54) is 5.56 Å². The number of piperazine rings is 1. The normalized spacial score (nSPS) is 14.9. The zero-order valence-electron chi connectivity index (χ0n) is 18.2. The molecule has 0 radical (unpaired) electrons. The Morgan fingerprint density at radius 1 is 1.00 bits per heavy atom. The van der Waals surface area contributed by atoms with Crippen molar-refractivity contribution in [1.29, 1.82) is 0 Å². The molecule has 0 spiro atoms. The van der Waals surface area contributed by atoms with Gasteiger partial charge in [0.1, 0.15) is 0 Å². The molecule has 3 rings (SSSR count). The molecule has 1 saturated heterocycles. The summed E-state index contributed by atoms with van der Waals surface area (Å²) in [5, 5.41) is 4.43. The van der Waals surface area contributed by atoms with E-state index in [0.717, 1.165) is 17.0 Å². The first kappa shape index (κ1) is 21.1. The molecule has 156 valence electrons. The molecule has 29 heavy (non-hydrogen) atoms. The number of amides is 2. The molecule has 1 aromatic carbocycles.